The Hall–Kier alpha value is -8.76. The van der Waals surface area contributed by atoms with Gasteiger partial charge in [-0.1, -0.05) is 86.6 Å². The van der Waals surface area contributed by atoms with Gasteiger partial charge in [-0.3, -0.25) is 43.0 Å². The van der Waals surface area contributed by atoms with E-state index in [9.17, 15) is 42.0 Å². The largest absolute Gasteiger partial charge is 0.411 e. The Morgan fingerprint density at radius 1 is 0.404 bits per heavy atom. The first-order valence-corrected chi connectivity index (χ1v) is 35.3. The fraction of sp³-hybridized carbons (Fsp3) is 0.434. The molecule has 6 aromatic carbocycles. The third-order valence-electron chi connectivity index (χ3n) is 23.9. The van der Waals surface area contributed by atoms with Gasteiger partial charge in [0.2, 0.25) is 10.8 Å². The molecule has 0 radical (unpaired) electrons. The standard InChI is InChI=1S/C76H76F12N4O11S/c1-15-67(13,16-2)46-31-47(37-48(32-46)104(101,102)103)89-59(93)49-27-23-42(33-53(49)61(89)95)71(73(77,78)79,74(80,81)82)45-26-30-52-56(36-45)66(100)92(64(52)98)70(21-7,22-8)69(19-5,20-6)57-38(9)40(11)58(41(12)39(57)10)90-60(94)50-28-24-43(34-54(50)62(90)96)72(75(83,84)85,76(86,87)88)44-25-29-51-55(35-44)65(99)91(63(51)97)68(14,17-3)18-4/h23-37,65,99H,15-22H2,1-14H3,(H,101,102,103). The lowest BCUT2D eigenvalue weighted by atomic mass is 9.56. The molecule has 104 heavy (non-hydrogen) atoms. The summed E-state index contributed by atoms with van der Waals surface area (Å²) >= 11 is 0. The number of amides is 7. The summed E-state index contributed by atoms with van der Waals surface area (Å²) in [7, 11) is -5.06. The number of aliphatic hydroxyl groups excluding tert-OH is 1. The van der Waals surface area contributed by atoms with Crippen LogP contribution in [0.3, 0.4) is 0 Å². The summed E-state index contributed by atoms with van der Waals surface area (Å²) in [6.07, 6.45) is -26.2. The molecule has 556 valence electrons. The topological polar surface area (TPSA) is 207 Å². The third-order valence-corrected chi connectivity index (χ3v) is 24.7. The van der Waals surface area contributed by atoms with Crippen molar-refractivity contribution in [3.8, 4) is 0 Å². The lowest BCUT2D eigenvalue weighted by Gasteiger charge is -2.55. The molecule has 0 saturated heterocycles. The molecule has 0 saturated carbocycles. The molecular weight excluding hydrogens is 1400 g/mol. The Morgan fingerprint density at radius 3 is 1.15 bits per heavy atom. The normalized spacial score (nSPS) is 16.6. The van der Waals surface area contributed by atoms with E-state index in [2.05, 4.69) is 0 Å². The van der Waals surface area contributed by atoms with E-state index in [0.29, 0.717) is 100.0 Å². The second-order valence-corrected chi connectivity index (χ2v) is 29.3. The van der Waals surface area contributed by atoms with Crippen molar-refractivity contribution in [3.63, 3.8) is 0 Å². The second-order valence-electron chi connectivity index (χ2n) is 27.9. The first kappa shape index (κ1) is 77.8. The van der Waals surface area contributed by atoms with Crippen molar-refractivity contribution in [1.82, 2.24) is 9.80 Å². The van der Waals surface area contributed by atoms with Crippen molar-refractivity contribution in [2.45, 2.75) is 217 Å². The van der Waals surface area contributed by atoms with Crippen molar-refractivity contribution in [1.29, 1.82) is 0 Å². The number of fused-ring (bicyclic) bond motifs is 4. The van der Waals surface area contributed by atoms with E-state index < -0.39 is 187 Å². The van der Waals surface area contributed by atoms with E-state index in [4.69, 9.17) is 0 Å². The number of hydrogen-bond acceptors (Lipinski definition) is 10. The highest BCUT2D eigenvalue weighted by Gasteiger charge is 2.75. The predicted octanol–water partition coefficient (Wildman–Crippen LogP) is 17.6. The number of anilines is 2. The number of nitrogens with zero attached hydrogens (tertiary/aromatic N) is 4. The minimum absolute atomic E-state index is 0.0283. The van der Waals surface area contributed by atoms with Crippen molar-refractivity contribution in [2.24, 2.45) is 0 Å². The van der Waals surface area contributed by atoms with Crippen molar-refractivity contribution in [2.75, 3.05) is 9.80 Å². The molecule has 0 fully saturated rings. The Morgan fingerprint density at radius 2 is 0.769 bits per heavy atom. The van der Waals surface area contributed by atoms with Gasteiger partial charge in [-0.25, -0.2) is 9.80 Å². The Balaban J connectivity index is 1.05. The zero-order valence-corrected chi connectivity index (χ0v) is 60.0. The maximum atomic E-state index is 16.2. The summed E-state index contributed by atoms with van der Waals surface area (Å²) in [5.41, 5.74) is -26.0. The summed E-state index contributed by atoms with van der Waals surface area (Å²) in [5, 5.41) is 11.5. The third kappa shape index (κ3) is 10.5. The average Bonchev–Trinajstić information content (AvgIpc) is 1.18. The summed E-state index contributed by atoms with van der Waals surface area (Å²) in [4.78, 5) is 105. The highest BCUT2D eigenvalue weighted by atomic mass is 32.2. The van der Waals surface area contributed by atoms with Crippen LogP contribution < -0.4 is 9.80 Å². The monoisotopic (exact) mass is 1480 g/mol. The molecule has 4 heterocycles. The molecule has 7 amide bonds. The summed E-state index contributed by atoms with van der Waals surface area (Å²) in [5.74, 6) is -8.47. The van der Waals surface area contributed by atoms with Crippen molar-refractivity contribution in [3.05, 3.63) is 191 Å². The van der Waals surface area contributed by atoms with Crippen molar-refractivity contribution < 1.29 is 104 Å². The lowest BCUT2D eigenvalue weighted by molar-refractivity contribution is -0.290. The molecule has 0 spiro atoms. The number of imide groups is 3. The molecule has 2 N–H and O–H groups in total. The van der Waals surface area contributed by atoms with Gasteiger partial charge >= 0.3 is 24.7 Å². The minimum atomic E-state index is -6.39. The molecule has 10 rings (SSSR count). The average molecular weight is 1480 g/mol. The van der Waals surface area contributed by atoms with Crippen LogP contribution >= 0.6 is 0 Å². The van der Waals surface area contributed by atoms with Crippen LogP contribution in [0.4, 0.5) is 64.1 Å². The van der Waals surface area contributed by atoms with Crippen LogP contribution in [0.1, 0.15) is 261 Å². The zero-order valence-electron chi connectivity index (χ0n) is 59.2. The van der Waals surface area contributed by atoms with Gasteiger partial charge in [0.05, 0.1) is 55.2 Å². The maximum Gasteiger partial charge on any atom is 0.411 e. The number of carbonyl (C=O) groups excluding carboxylic acids is 7. The van der Waals surface area contributed by atoms with Gasteiger partial charge in [-0.2, -0.15) is 61.1 Å². The van der Waals surface area contributed by atoms with Crippen LogP contribution in [0.5, 0.6) is 0 Å². The molecule has 28 heteroatoms. The van der Waals surface area contributed by atoms with Gasteiger partial charge < -0.3 is 10.0 Å². The SMILES string of the molecule is CCC(C)(CC)c1cc(N2C(=O)c3ccc(C(c4ccc5c(c4)C(=O)N(C(CC)(CC)C(CC)(CC)c4c(C)c(C)c(N6C(=O)c7ccc(C(c8ccc9c(c8)C(O)N(C(C)(CC)CC)C9=O)(C(F)(F)F)C(F)(F)F)cc7C6=O)c(C)c4C)C5=O)(C(F)(F)F)C(F)(F)F)cc3C2=O)cc(S(=O)(=O)O)c1. The predicted molar refractivity (Wildman–Crippen MR) is 360 cm³/mol. The van der Waals surface area contributed by atoms with Crippen LogP contribution in [0.25, 0.3) is 0 Å². The van der Waals surface area contributed by atoms with Crippen LogP contribution in [0.2, 0.25) is 0 Å². The molecule has 15 nitrogen and oxygen atoms in total. The van der Waals surface area contributed by atoms with Gasteiger partial charge in [0.15, 0.2) is 6.23 Å². The number of alkyl halides is 12. The summed E-state index contributed by atoms with van der Waals surface area (Å²) in [6, 6.07) is 8.73. The Labute approximate surface area is 592 Å². The molecule has 4 aliphatic heterocycles. The molecule has 6 aromatic rings. The minimum Gasteiger partial charge on any atom is -0.369 e. The number of aliphatic hydroxyl groups is 1. The van der Waals surface area contributed by atoms with Crippen LogP contribution in [-0.2, 0) is 31.8 Å². The number of rotatable bonds is 20. The lowest BCUT2D eigenvalue weighted by Crippen LogP contribution is -2.63. The van der Waals surface area contributed by atoms with E-state index in [1.807, 2.05) is 0 Å². The van der Waals surface area contributed by atoms with Gasteiger partial charge in [-0.15, -0.1) is 0 Å². The van der Waals surface area contributed by atoms with E-state index in [-0.39, 0.29) is 72.5 Å². The summed E-state index contributed by atoms with van der Waals surface area (Å²) in [6.45, 7) is 22.9. The number of benzene rings is 6. The smallest absolute Gasteiger partial charge is 0.369 e. The number of carbonyl (C=O) groups is 7. The first-order chi connectivity index (χ1) is 48.1. The van der Waals surface area contributed by atoms with E-state index in [0.717, 1.165) is 28.0 Å². The van der Waals surface area contributed by atoms with Gasteiger partial charge in [0.1, 0.15) is 0 Å². The molecule has 1 unspecified atom stereocenters. The molecule has 0 aromatic heterocycles. The van der Waals surface area contributed by atoms with E-state index >= 15 is 62.3 Å². The first-order valence-electron chi connectivity index (χ1n) is 33.9. The van der Waals surface area contributed by atoms with Gasteiger partial charge in [0, 0.05) is 22.1 Å². The molecule has 4 aliphatic rings. The van der Waals surface area contributed by atoms with Crippen LogP contribution in [0, 0.1) is 27.7 Å². The van der Waals surface area contributed by atoms with Crippen LogP contribution in [0.15, 0.2) is 95.9 Å². The Kier molecular flexibility index (Phi) is 19.1. The summed E-state index contributed by atoms with van der Waals surface area (Å²) < 4.78 is 228. The Bertz CT molecular complexity index is 4730. The zero-order chi connectivity index (χ0) is 77.8. The second kappa shape index (κ2) is 25.5. The molecule has 0 aliphatic carbocycles. The maximum absolute atomic E-state index is 16.2. The van der Waals surface area contributed by atoms with E-state index in [1.165, 1.54) is 19.9 Å². The fourth-order valence-electron chi connectivity index (χ4n) is 17.1. The highest BCUT2D eigenvalue weighted by molar-refractivity contribution is 7.85. The van der Waals surface area contributed by atoms with E-state index in [1.54, 1.807) is 83.1 Å². The van der Waals surface area contributed by atoms with Crippen molar-refractivity contribution >= 4 is 62.8 Å². The molecular formula is C76H76F12N4O11S. The molecule has 0 bridgehead atoms. The molecule has 1 atom stereocenters. The fourth-order valence-corrected chi connectivity index (χ4v) is 17.6. The number of halogens is 12. The van der Waals surface area contributed by atoms with Gasteiger partial charge in [0.25, 0.3) is 51.5 Å². The van der Waals surface area contributed by atoms with Gasteiger partial charge in [-0.05, 0) is 214 Å². The van der Waals surface area contributed by atoms with Crippen LogP contribution in [-0.4, -0.2) is 105 Å². The highest BCUT2D eigenvalue weighted by Crippen LogP contribution is 2.61. The quantitative estimate of drug-likeness (QED) is 0.0417. The number of hydrogen-bond donors (Lipinski definition) is 2.